The number of carbonyl (C=O) groups is 1. The van der Waals surface area contributed by atoms with Crippen LogP contribution in [0.1, 0.15) is 28.9 Å². The summed E-state index contributed by atoms with van der Waals surface area (Å²) in [7, 11) is 1.49. The number of benzene rings is 1. The first-order chi connectivity index (χ1) is 6.56. The molecule has 0 bridgehead atoms. The maximum Gasteiger partial charge on any atom is 0.336 e. The average molecular weight is 195 g/mol. The zero-order valence-corrected chi connectivity index (χ0v) is 8.15. The molecule has 3 N–H and O–H groups in total. The van der Waals surface area contributed by atoms with Crippen molar-refractivity contribution in [3.8, 4) is 5.75 Å². The van der Waals surface area contributed by atoms with Crippen molar-refractivity contribution in [2.24, 2.45) is 5.73 Å². The lowest BCUT2D eigenvalue weighted by Crippen LogP contribution is -2.11. The van der Waals surface area contributed by atoms with E-state index in [9.17, 15) is 4.79 Å². The maximum absolute atomic E-state index is 10.9. The summed E-state index contributed by atoms with van der Waals surface area (Å²) in [6.45, 7) is 1.74. The van der Waals surface area contributed by atoms with Crippen LogP contribution in [0.25, 0.3) is 0 Å². The molecule has 0 radical (unpaired) electrons. The number of carboxylic acid groups (broad SMARTS) is 1. The summed E-state index contributed by atoms with van der Waals surface area (Å²) in [4.78, 5) is 10.9. The summed E-state index contributed by atoms with van der Waals surface area (Å²) in [6, 6.07) is 4.55. The van der Waals surface area contributed by atoms with Crippen molar-refractivity contribution in [1.82, 2.24) is 0 Å². The summed E-state index contributed by atoms with van der Waals surface area (Å²) >= 11 is 0. The van der Waals surface area contributed by atoms with Gasteiger partial charge in [-0.2, -0.15) is 0 Å². The Bertz CT molecular complexity index is 347. The molecular formula is C10H13NO3. The van der Waals surface area contributed by atoms with E-state index in [4.69, 9.17) is 15.6 Å². The molecule has 4 nitrogen and oxygen atoms in total. The van der Waals surface area contributed by atoms with Gasteiger partial charge in [0.1, 0.15) is 5.75 Å². The lowest BCUT2D eigenvalue weighted by atomic mass is 10.0. The smallest absolute Gasteiger partial charge is 0.336 e. The highest BCUT2D eigenvalue weighted by Gasteiger charge is 2.13. The molecule has 0 aliphatic carbocycles. The molecule has 1 atom stereocenters. The molecular weight excluding hydrogens is 182 g/mol. The van der Waals surface area contributed by atoms with Gasteiger partial charge < -0.3 is 15.6 Å². The lowest BCUT2D eigenvalue weighted by molar-refractivity contribution is 0.0694. The molecule has 0 spiro atoms. The molecule has 0 heterocycles. The minimum absolute atomic E-state index is 0.194. The van der Waals surface area contributed by atoms with Gasteiger partial charge in [0.15, 0.2) is 0 Å². The van der Waals surface area contributed by atoms with Crippen molar-refractivity contribution in [2.75, 3.05) is 7.11 Å². The van der Waals surface area contributed by atoms with E-state index in [0.717, 1.165) is 0 Å². The molecule has 0 fully saturated rings. The molecule has 0 saturated heterocycles. The topological polar surface area (TPSA) is 72.5 Å². The summed E-state index contributed by atoms with van der Waals surface area (Å²) in [5.41, 5.74) is 6.44. The lowest BCUT2D eigenvalue weighted by Gasteiger charge is -2.10. The van der Waals surface area contributed by atoms with E-state index in [-0.39, 0.29) is 11.6 Å². The van der Waals surface area contributed by atoms with Gasteiger partial charge in [0, 0.05) is 6.04 Å². The Kier molecular flexibility index (Phi) is 3.09. The van der Waals surface area contributed by atoms with Gasteiger partial charge in [-0.25, -0.2) is 4.79 Å². The summed E-state index contributed by atoms with van der Waals surface area (Å²) in [5, 5.41) is 8.92. The second-order valence-electron chi connectivity index (χ2n) is 3.05. The average Bonchev–Trinajstić information content (AvgIpc) is 2.16. The fourth-order valence-corrected chi connectivity index (χ4v) is 1.24. The highest BCUT2D eigenvalue weighted by Crippen LogP contribution is 2.21. The number of methoxy groups -OCH3 is 1. The predicted octanol–water partition coefficient (Wildman–Crippen LogP) is 1.41. The number of ether oxygens (including phenoxy) is 1. The summed E-state index contributed by atoms with van der Waals surface area (Å²) in [5.74, 6) is -0.469. The molecule has 0 amide bonds. The second-order valence-corrected chi connectivity index (χ2v) is 3.05. The van der Waals surface area contributed by atoms with Gasteiger partial charge in [-0.3, -0.25) is 0 Å². The van der Waals surface area contributed by atoms with Crippen LogP contribution in [0.5, 0.6) is 5.75 Å². The van der Waals surface area contributed by atoms with Crippen molar-refractivity contribution in [2.45, 2.75) is 13.0 Å². The maximum atomic E-state index is 10.9. The Hall–Kier alpha value is -1.55. The van der Waals surface area contributed by atoms with Gasteiger partial charge in [0.25, 0.3) is 0 Å². The summed E-state index contributed by atoms with van der Waals surface area (Å²) in [6.07, 6.45) is 0. The van der Waals surface area contributed by atoms with Crippen LogP contribution in [0.3, 0.4) is 0 Å². The van der Waals surface area contributed by atoms with Crippen molar-refractivity contribution in [1.29, 1.82) is 0 Å². The molecule has 1 rings (SSSR count). The molecule has 0 aromatic heterocycles. The molecule has 14 heavy (non-hydrogen) atoms. The van der Waals surface area contributed by atoms with Crippen LogP contribution in [-0.4, -0.2) is 18.2 Å². The van der Waals surface area contributed by atoms with E-state index in [0.29, 0.717) is 11.3 Å². The fraction of sp³-hybridized carbons (Fsp3) is 0.300. The third-order valence-electron chi connectivity index (χ3n) is 1.98. The first kappa shape index (κ1) is 10.5. The van der Waals surface area contributed by atoms with Crippen molar-refractivity contribution in [3.05, 3.63) is 29.3 Å². The third-order valence-corrected chi connectivity index (χ3v) is 1.98. The quantitative estimate of drug-likeness (QED) is 0.764. The van der Waals surface area contributed by atoms with Crippen molar-refractivity contribution in [3.63, 3.8) is 0 Å². The van der Waals surface area contributed by atoms with E-state index < -0.39 is 5.97 Å². The van der Waals surface area contributed by atoms with E-state index in [1.165, 1.54) is 13.2 Å². The Morgan fingerprint density at radius 1 is 1.57 bits per heavy atom. The molecule has 0 aliphatic heterocycles. The van der Waals surface area contributed by atoms with Crippen LogP contribution >= 0.6 is 0 Å². The predicted molar refractivity (Wildman–Crippen MR) is 52.6 cm³/mol. The number of hydrogen-bond acceptors (Lipinski definition) is 3. The highest BCUT2D eigenvalue weighted by atomic mass is 16.5. The standard InChI is InChI=1S/C10H13NO3/c1-6(11)8-4-3-7(14-2)5-9(8)10(12)13/h3-6H,11H2,1-2H3,(H,12,13)/t6-/m1/s1. The van der Waals surface area contributed by atoms with Gasteiger partial charge in [0.2, 0.25) is 0 Å². The first-order valence-electron chi connectivity index (χ1n) is 4.23. The fourth-order valence-electron chi connectivity index (χ4n) is 1.24. The highest BCUT2D eigenvalue weighted by molar-refractivity contribution is 5.90. The Morgan fingerprint density at radius 3 is 2.64 bits per heavy atom. The van der Waals surface area contributed by atoms with Crippen LogP contribution in [-0.2, 0) is 0 Å². The SMILES string of the molecule is COc1ccc([C@@H](C)N)c(C(=O)O)c1. The number of hydrogen-bond donors (Lipinski definition) is 2. The normalized spacial score (nSPS) is 12.2. The van der Waals surface area contributed by atoms with Gasteiger partial charge >= 0.3 is 5.97 Å². The number of aromatic carboxylic acids is 1. The van der Waals surface area contributed by atoms with Crippen LogP contribution in [0.2, 0.25) is 0 Å². The van der Waals surface area contributed by atoms with Crippen LogP contribution in [0, 0.1) is 0 Å². The molecule has 1 aromatic carbocycles. The van der Waals surface area contributed by atoms with E-state index in [2.05, 4.69) is 0 Å². The molecule has 0 aliphatic rings. The zero-order chi connectivity index (χ0) is 10.7. The monoisotopic (exact) mass is 195 g/mol. The van der Waals surface area contributed by atoms with Crippen molar-refractivity contribution < 1.29 is 14.6 Å². The number of nitrogens with two attached hydrogens (primary N) is 1. The zero-order valence-electron chi connectivity index (χ0n) is 8.15. The minimum atomic E-state index is -0.990. The van der Waals surface area contributed by atoms with E-state index >= 15 is 0 Å². The minimum Gasteiger partial charge on any atom is -0.497 e. The van der Waals surface area contributed by atoms with Gasteiger partial charge in [-0.15, -0.1) is 0 Å². The Labute approximate surface area is 82.3 Å². The molecule has 0 saturated carbocycles. The van der Waals surface area contributed by atoms with E-state index in [1.54, 1.807) is 19.1 Å². The first-order valence-corrected chi connectivity index (χ1v) is 4.23. The van der Waals surface area contributed by atoms with Gasteiger partial charge in [0.05, 0.1) is 12.7 Å². The third kappa shape index (κ3) is 2.03. The summed E-state index contributed by atoms with van der Waals surface area (Å²) < 4.78 is 4.94. The van der Waals surface area contributed by atoms with Crippen molar-refractivity contribution >= 4 is 5.97 Å². The van der Waals surface area contributed by atoms with Crippen LogP contribution in [0.4, 0.5) is 0 Å². The van der Waals surface area contributed by atoms with Gasteiger partial charge in [-0.1, -0.05) is 6.07 Å². The van der Waals surface area contributed by atoms with Gasteiger partial charge in [-0.05, 0) is 24.6 Å². The molecule has 4 heteroatoms. The second kappa shape index (κ2) is 4.11. The van der Waals surface area contributed by atoms with Crippen LogP contribution < -0.4 is 10.5 Å². The number of carboxylic acids is 1. The molecule has 1 aromatic rings. The molecule has 0 unspecified atom stereocenters. The van der Waals surface area contributed by atoms with E-state index in [1.807, 2.05) is 0 Å². The Balaban J connectivity index is 3.24. The van der Waals surface area contributed by atoms with Crippen LogP contribution in [0.15, 0.2) is 18.2 Å². The number of rotatable bonds is 3. The Morgan fingerprint density at radius 2 is 2.21 bits per heavy atom. The largest absolute Gasteiger partial charge is 0.497 e. The molecule has 76 valence electrons.